The average molecular weight is 274 g/mol. The van der Waals surface area contributed by atoms with E-state index in [1.807, 2.05) is 0 Å². The van der Waals surface area contributed by atoms with Gasteiger partial charge < -0.3 is 15.2 Å². The first-order chi connectivity index (χ1) is 8.59. The predicted octanol–water partition coefficient (Wildman–Crippen LogP) is 2.67. The summed E-state index contributed by atoms with van der Waals surface area (Å²) in [6, 6.07) is 4.02. The van der Waals surface area contributed by atoms with Crippen LogP contribution in [0.25, 0.3) is 0 Å². The van der Waals surface area contributed by atoms with Crippen LogP contribution in [0.5, 0.6) is 0 Å². The fourth-order valence-corrected chi connectivity index (χ4v) is 2.55. The topological polar surface area (TPSA) is 44.5 Å². The summed E-state index contributed by atoms with van der Waals surface area (Å²) in [6.07, 6.45) is 1.32. The van der Waals surface area contributed by atoms with E-state index in [2.05, 4.69) is 0 Å². The summed E-state index contributed by atoms with van der Waals surface area (Å²) in [7, 11) is 1.61. The van der Waals surface area contributed by atoms with Gasteiger partial charge in [-0.1, -0.05) is 17.7 Å². The number of halogens is 2. The molecule has 2 N–H and O–H groups in total. The predicted molar refractivity (Wildman–Crippen MR) is 68.1 cm³/mol. The highest BCUT2D eigenvalue weighted by Gasteiger charge is 2.40. The van der Waals surface area contributed by atoms with E-state index in [0.29, 0.717) is 36.6 Å². The van der Waals surface area contributed by atoms with Crippen LogP contribution in [0.1, 0.15) is 24.4 Å². The lowest BCUT2D eigenvalue weighted by molar-refractivity contribution is -0.105. The Hall–Kier alpha value is -0.680. The van der Waals surface area contributed by atoms with Gasteiger partial charge in [-0.25, -0.2) is 4.39 Å². The third kappa shape index (κ3) is 2.52. The van der Waals surface area contributed by atoms with Crippen molar-refractivity contribution in [2.45, 2.75) is 24.5 Å². The second-order valence-corrected chi connectivity index (χ2v) is 4.96. The Balaban J connectivity index is 2.30. The summed E-state index contributed by atoms with van der Waals surface area (Å²) >= 11 is 5.74. The van der Waals surface area contributed by atoms with Crippen molar-refractivity contribution in [1.29, 1.82) is 0 Å². The Kier molecular flexibility index (Phi) is 4.22. The first-order valence-corrected chi connectivity index (χ1v) is 6.30. The van der Waals surface area contributed by atoms with Gasteiger partial charge in [0.1, 0.15) is 5.82 Å². The van der Waals surface area contributed by atoms with Crippen molar-refractivity contribution in [3.63, 3.8) is 0 Å². The van der Waals surface area contributed by atoms with Gasteiger partial charge in [0.15, 0.2) is 0 Å². The number of hydrogen-bond acceptors (Lipinski definition) is 3. The molecule has 1 unspecified atom stereocenters. The molecule has 0 radical (unpaired) electrons. The maximum absolute atomic E-state index is 13.9. The van der Waals surface area contributed by atoms with Crippen LogP contribution in [0.3, 0.4) is 0 Å². The molecule has 0 spiro atoms. The third-order valence-corrected chi connectivity index (χ3v) is 3.85. The zero-order valence-corrected chi connectivity index (χ0v) is 11.0. The van der Waals surface area contributed by atoms with Gasteiger partial charge in [-0.3, -0.25) is 0 Å². The Bertz CT molecular complexity index is 421. The maximum atomic E-state index is 13.9. The molecule has 0 aromatic heterocycles. The van der Waals surface area contributed by atoms with Crippen molar-refractivity contribution in [2.24, 2.45) is 5.73 Å². The van der Waals surface area contributed by atoms with Crippen molar-refractivity contribution >= 4 is 11.6 Å². The van der Waals surface area contributed by atoms with Crippen LogP contribution in [0.4, 0.5) is 4.39 Å². The maximum Gasteiger partial charge on any atom is 0.129 e. The van der Waals surface area contributed by atoms with Gasteiger partial charge in [0.05, 0.1) is 11.6 Å². The minimum atomic E-state index is -0.563. The van der Waals surface area contributed by atoms with E-state index in [0.717, 1.165) is 0 Å². The highest BCUT2D eigenvalue weighted by atomic mass is 35.5. The summed E-state index contributed by atoms with van der Waals surface area (Å²) < 4.78 is 24.8. The number of rotatable bonds is 3. The van der Waals surface area contributed by atoms with Crippen LogP contribution >= 0.6 is 11.6 Å². The molecule has 1 heterocycles. The molecule has 5 heteroatoms. The van der Waals surface area contributed by atoms with Crippen LogP contribution in [0, 0.1) is 5.82 Å². The third-order valence-electron chi connectivity index (χ3n) is 3.61. The quantitative estimate of drug-likeness (QED) is 0.921. The highest BCUT2D eigenvalue weighted by molar-refractivity contribution is 6.30. The first-order valence-electron chi connectivity index (χ1n) is 5.92. The van der Waals surface area contributed by atoms with E-state index < -0.39 is 17.5 Å². The van der Waals surface area contributed by atoms with Gasteiger partial charge in [-0.15, -0.1) is 0 Å². The van der Waals surface area contributed by atoms with Gasteiger partial charge in [-0.2, -0.15) is 0 Å². The molecule has 1 fully saturated rings. The van der Waals surface area contributed by atoms with Gasteiger partial charge in [0.2, 0.25) is 0 Å². The normalized spacial score (nSPS) is 20.7. The molecule has 1 saturated heterocycles. The van der Waals surface area contributed by atoms with Crippen LogP contribution in [0.2, 0.25) is 5.02 Å². The molecule has 100 valence electrons. The molecule has 1 aliphatic rings. The lowest BCUT2D eigenvalue weighted by Crippen LogP contribution is -2.47. The Morgan fingerprint density at radius 3 is 2.67 bits per heavy atom. The standard InChI is InChI=1S/C13H17ClFNO2/c1-17-13(4-6-18-7-5-13)12(16)10-3-2-9(14)8-11(10)15/h2-3,8,12H,4-7,16H2,1H3. The minimum absolute atomic E-state index is 0.363. The van der Waals surface area contributed by atoms with Crippen molar-refractivity contribution < 1.29 is 13.9 Å². The minimum Gasteiger partial charge on any atom is -0.381 e. The second kappa shape index (κ2) is 5.53. The van der Waals surface area contributed by atoms with Crippen molar-refractivity contribution in [2.75, 3.05) is 20.3 Å². The molecule has 1 aromatic carbocycles. The number of benzene rings is 1. The zero-order valence-electron chi connectivity index (χ0n) is 10.3. The van der Waals surface area contributed by atoms with E-state index in [1.54, 1.807) is 19.2 Å². The van der Waals surface area contributed by atoms with Crippen LogP contribution in [0.15, 0.2) is 18.2 Å². The molecule has 3 nitrogen and oxygen atoms in total. The lowest BCUT2D eigenvalue weighted by atomic mass is 9.82. The van der Waals surface area contributed by atoms with E-state index >= 15 is 0 Å². The van der Waals surface area contributed by atoms with Gasteiger partial charge in [-0.05, 0) is 12.1 Å². The number of methoxy groups -OCH3 is 1. The average Bonchev–Trinajstić information content (AvgIpc) is 2.39. The zero-order chi connectivity index (χ0) is 13.2. The van der Waals surface area contributed by atoms with E-state index in [4.69, 9.17) is 26.8 Å². The number of nitrogens with two attached hydrogens (primary N) is 1. The molecule has 1 aromatic rings. The van der Waals surface area contributed by atoms with Gasteiger partial charge in [0.25, 0.3) is 0 Å². The molecule has 0 saturated carbocycles. The molecule has 0 amide bonds. The molecular formula is C13H17ClFNO2. The molecule has 0 bridgehead atoms. The Labute approximate surface area is 111 Å². The number of hydrogen-bond donors (Lipinski definition) is 1. The Morgan fingerprint density at radius 2 is 2.11 bits per heavy atom. The molecule has 1 atom stereocenters. The van der Waals surface area contributed by atoms with Crippen LogP contribution in [-0.4, -0.2) is 25.9 Å². The number of ether oxygens (including phenoxy) is 2. The molecule has 18 heavy (non-hydrogen) atoms. The molecule has 2 rings (SSSR count). The monoisotopic (exact) mass is 273 g/mol. The fourth-order valence-electron chi connectivity index (χ4n) is 2.40. The largest absolute Gasteiger partial charge is 0.381 e. The highest BCUT2D eigenvalue weighted by Crippen LogP contribution is 2.37. The van der Waals surface area contributed by atoms with Crippen LogP contribution in [-0.2, 0) is 9.47 Å². The lowest BCUT2D eigenvalue weighted by Gasteiger charge is -2.40. The van der Waals surface area contributed by atoms with Crippen LogP contribution < -0.4 is 5.73 Å². The SMILES string of the molecule is COC1(C(N)c2ccc(Cl)cc2F)CCOCC1. The van der Waals surface area contributed by atoms with E-state index in [1.165, 1.54) is 6.07 Å². The van der Waals surface area contributed by atoms with Crippen molar-refractivity contribution in [3.8, 4) is 0 Å². The summed E-state index contributed by atoms with van der Waals surface area (Å²) in [5.74, 6) is -0.391. The summed E-state index contributed by atoms with van der Waals surface area (Å²) in [6.45, 7) is 1.16. The van der Waals surface area contributed by atoms with Gasteiger partial charge >= 0.3 is 0 Å². The summed E-state index contributed by atoms with van der Waals surface area (Å²) in [5, 5.41) is 0.363. The van der Waals surface area contributed by atoms with E-state index in [9.17, 15) is 4.39 Å². The second-order valence-electron chi connectivity index (χ2n) is 4.52. The van der Waals surface area contributed by atoms with Crippen molar-refractivity contribution in [1.82, 2.24) is 0 Å². The Morgan fingerprint density at radius 1 is 1.44 bits per heavy atom. The van der Waals surface area contributed by atoms with E-state index in [-0.39, 0.29) is 0 Å². The summed E-state index contributed by atoms with van der Waals surface area (Å²) in [4.78, 5) is 0. The fraction of sp³-hybridized carbons (Fsp3) is 0.538. The molecular weight excluding hydrogens is 257 g/mol. The smallest absolute Gasteiger partial charge is 0.129 e. The molecule has 1 aliphatic heterocycles. The van der Waals surface area contributed by atoms with Crippen molar-refractivity contribution in [3.05, 3.63) is 34.6 Å². The molecule has 0 aliphatic carbocycles. The summed E-state index contributed by atoms with van der Waals surface area (Å²) in [5.41, 5.74) is 6.07. The van der Waals surface area contributed by atoms with Gasteiger partial charge in [0, 0.05) is 43.8 Å². The first kappa shape index (κ1) is 13.7.